The summed E-state index contributed by atoms with van der Waals surface area (Å²) in [6.07, 6.45) is 2.89. The van der Waals surface area contributed by atoms with Crippen LogP contribution in [0.25, 0.3) is 5.65 Å². The fourth-order valence-corrected chi connectivity index (χ4v) is 3.52. The van der Waals surface area contributed by atoms with E-state index in [-0.39, 0.29) is 31.5 Å². The molecule has 30 heavy (non-hydrogen) atoms. The van der Waals surface area contributed by atoms with Crippen molar-refractivity contribution in [3.63, 3.8) is 0 Å². The molecule has 1 N–H and O–H groups in total. The Kier molecular flexibility index (Phi) is 5.45. The van der Waals surface area contributed by atoms with E-state index in [2.05, 4.69) is 20.3 Å². The van der Waals surface area contributed by atoms with Gasteiger partial charge in [0.25, 0.3) is 11.8 Å². The van der Waals surface area contributed by atoms with Gasteiger partial charge < -0.3 is 19.4 Å². The summed E-state index contributed by atoms with van der Waals surface area (Å²) in [4.78, 5) is 40.1. The molecule has 1 aliphatic heterocycles. The Labute approximate surface area is 174 Å². The van der Waals surface area contributed by atoms with E-state index in [0.717, 1.165) is 17.0 Å². The first-order valence-electron chi connectivity index (χ1n) is 9.84. The number of fused-ring (bicyclic) bond motifs is 1. The Morgan fingerprint density at radius 3 is 2.67 bits per heavy atom. The molecule has 2 amide bonds. The van der Waals surface area contributed by atoms with Gasteiger partial charge >= 0.3 is 0 Å². The van der Waals surface area contributed by atoms with E-state index >= 15 is 0 Å². The molecule has 3 aromatic heterocycles. The van der Waals surface area contributed by atoms with Crippen LogP contribution in [-0.4, -0.2) is 61.9 Å². The molecule has 3 aromatic rings. The first kappa shape index (κ1) is 20.0. The van der Waals surface area contributed by atoms with Gasteiger partial charge in [-0.1, -0.05) is 6.07 Å². The van der Waals surface area contributed by atoms with Crippen molar-refractivity contribution in [2.75, 3.05) is 19.7 Å². The fraction of sp³-hybridized carbons (Fsp3) is 0.381. The van der Waals surface area contributed by atoms with Gasteiger partial charge in [0.1, 0.15) is 17.2 Å². The molecule has 9 nitrogen and oxygen atoms in total. The van der Waals surface area contributed by atoms with E-state index in [1.54, 1.807) is 11.1 Å². The van der Waals surface area contributed by atoms with Crippen LogP contribution in [0.3, 0.4) is 0 Å². The van der Waals surface area contributed by atoms with Crippen molar-refractivity contribution in [1.82, 2.24) is 29.6 Å². The molecule has 4 heterocycles. The van der Waals surface area contributed by atoms with Crippen LogP contribution >= 0.6 is 0 Å². The average molecular weight is 408 g/mol. The van der Waals surface area contributed by atoms with Gasteiger partial charge in [-0.15, -0.1) is 0 Å². The Bertz CT molecular complexity index is 1090. The Morgan fingerprint density at radius 1 is 1.13 bits per heavy atom. The lowest BCUT2D eigenvalue weighted by Crippen LogP contribution is -2.51. The largest absolute Gasteiger partial charge is 0.365 e. The Hall–Kier alpha value is -3.33. The van der Waals surface area contributed by atoms with Crippen molar-refractivity contribution in [2.24, 2.45) is 0 Å². The molecule has 9 heteroatoms. The second-order valence-corrected chi connectivity index (χ2v) is 7.49. The number of carbonyl (C=O) groups excluding carboxylic acids is 2. The Balaban J connectivity index is 1.40. The van der Waals surface area contributed by atoms with Gasteiger partial charge in [-0.25, -0.2) is 15.0 Å². The number of hydrogen-bond donors (Lipinski definition) is 1. The van der Waals surface area contributed by atoms with E-state index in [1.165, 1.54) is 0 Å². The molecule has 0 aliphatic carbocycles. The fourth-order valence-electron chi connectivity index (χ4n) is 3.52. The summed E-state index contributed by atoms with van der Waals surface area (Å²) in [5, 5.41) is 2.80. The highest BCUT2D eigenvalue weighted by molar-refractivity contribution is 5.93. The molecule has 0 spiro atoms. The second kappa shape index (κ2) is 8.19. The summed E-state index contributed by atoms with van der Waals surface area (Å²) >= 11 is 0. The molecule has 1 aliphatic rings. The van der Waals surface area contributed by atoms with Crippen molar-refractivity contribution in [3.05, 3.63) is 59.1 Å². The standard InChI is InChI=1S/C21H24N6O3/c1-13-4-5-19-25-16(11-27(19)10-13)21(29)26-6-7-30-17(12-26)20(28)22-9-18-23-14(2)8-15(3)24-18/h4-5,8,10-11,17H,6-7,9,12H2,1-3H3,(H,22,28). The monoisotopic (exact) mass is 408 g/mol. The van der Waals surface area contributed by atoms with Crippen molar-refractivity contribution in [2.45, 2.75) is 33.4 Å². The predicted molar refractivity (Wildman–Crippen MR) is 109 cm³/mol. The lowest BCUT2D eigenvalue weighted by Gasteiger charge is -2.31. The number of imidazole rings is 1. The van der Waals surface area contributed by atoms with Crippen LogP contribution < -0.4 is 5.32 Å². The summed E-state index contributed by atoms with van der Waals surface area (Å²) < 4.78 is 7.42. The molecule has 1 atom stereocenters. The van der Waals surface area contributed by atoms with Crippen LogP contribution in [0.2, 0.25) is 0 Å². The van der Waals surface area contributed by atoms with Crippen LogP contribution in [0.4, 0.5) is 0 Å². The summed E-state index contributed by atoms with van der Waals surface area (Å²) in [6, 6.07) is 5.70. The quantitative estimate of drug-likeness (QED) is 0.696. The number of nitrogens with zero attached hydrogens (tertiary/aromatic N) is 5. The number of pyridine rings is 1. The first-order chi connectivity index (χ1) is 14.4. The SMILES string of the molecule is Cc1ccc2nc(C(=O)N3CCOC(C(=O)NCc4nc(C)cc(C)n4)C3)cn2c1. The zero-order valence-electron chi connectivity index (χ0n) is 17.3. The second-order valence-electron chi connectivity index (χ2n) is 7.49. The van der Waals surface area contributed by atoms with Crippen LogP contribution in [0.1, 0.15) is 33.3 Å². The van der Waals surface area contributed by atoms with Crippen LogP contribution in [0, 0.1) is 20.8 Å². The normalized spacial score (nSPS) is 16.6. The average Bonchev–Trinajstić information content (AvgIpc) is 3.14. The maximum atomic E-state index is 12.9. The molecule has 1 unspecified atom stereocenters. The number of aromatic nitrogens is 4. The molecule has 1 saturated heterocycles. The molecule has 0 aromatic carbocycles. The molecule has 0 saturated carbocycles. The zero-order valence-corrected chi connectivity index (χ0v) is 17.3. The summed E-state index contributed by atoms with van der Waals surface area (Å²) in [5.74, 6) is 0.0422. The number of hydrogen-bond acceptors (Lipinski definition) is 6. The molecule has 1 fully saturated rings. The third kappa shape index (κ3) is 4.30. The molecular formula is C21H24N6O3. The van der Waals surface area contributed by atoms with E-state index < -0.39 is 6.10 Å². The molecular weight excluding hydrogens is 384 g/mol. The van der Waals surface area contributed by atoms with Gasteiger partial charge in [0, 0.05) is 30.3 Å². The number of carbonyl (C=O) groups is 2. The Morgan fingerprint density at radius 2 is 1.90 bits per heavy atom. The van der Waals surface area contributed by atoms with E-state index in [1.807, 2.05) is 49.6 Å². The molecule has 4 rings (SSSR count). The van der Waals surface area contributed by atoms with Crippen LogP contribution in [0.15, 0.2) is 30.6 Å². The highest BCUT2D eigenvalue weighted by atomic mass is 16.5. The van der Waals surface area contributed by atoms with E-state index in [0.29, 0.717) is 23.7 Å². The number of morpholine rings is 1. The maximum Gasteiger partial charge on any atom is 0.274 e. The van der Waals surface area contributed by atoms with Crippen LogP contribution in [-0.2, 0) is 16.1 Å². The summed E-state index contributed by atoms with van der Waals surface area (Å²) in [7, 11) is 0. The summed E-state index contributed by atoms with van der Waals surface area (Å²) in [6.45, 7) is 6.83. The highest BCUT2D eigenvalue weighted by Crippen LogP contribution is 2.13. The van der Waals surface area contributed by atoms with Crippen LogP contribution in [0.5, 0.6) is 0 Å². The van der Waals surface area contributed by atoms with Gasteiger partial charge in [-0.05, 0) is 38.5 Å². The minimum Gasteiger partial charge on any atom is -0.365 e. The van der Waals surface area contributed by atoms with Gasteiger partial charge in [0.15, 0.2) is 6.10 Å². The van der Waals surface area contributed by atoms with Crippen molar-refractivity contribution in [1.29, 1.82) is 0 Å². The number of rotatable bonds is 4. The molecule has 0 radical (unpaired) electrons. The maximum absolute atomic E-state index is 12.9. The lowest BCUT2D eigenvalue weighted by molar-refractivity contribution is -0.137. The predicted octanol–water partition coefficient (Wildman–Crippen LogP) is 1.21. The first-order valence-corrected chi connectivity index (χ1v) is 9.84. The highest BCUT2D eigenvalue weighted by Gasteiger charge is 2.30. The van der Waals surface area contributed by atoms with Gasteiger partial charge in [-0.3, -0.25) is 9.59 Å². The zero-order chi connectivity index (χ0) is 21.3. The van der Waals surface area contributed by atoms with Gasteiger partial charge in [-0.2, -0.15) is 0 Å². The lowest BCUT2D eigenvalue weighted by atomic mass is 10.2. The molecule has 0 bridgehead atoms. The van der Waals surface area contributed by atoms with Gasteiger partial charge in [0.2, 0.25) is 0 Å². The topological polar surface area (TPSA) is 102 Å². The number of aryl methyl sites for hydroxylation is 3. The van der Waals surface area contributed by atoms with E-state index in [9.17, 15) is 9.59 Å². The number of ether oxygens (including phenoxy) is 1. The molecule has 156 valence electrons. The summed E-state index contributed by atoms with van der Waals surface area (Å²) in [5.41, 5.74) is 3.83. The third-order valence-corrected chi connectivity index (χ3v) is 4.91. The van der Waals surface area contributed by atoms with Crippen molar-refractivity contribution < 1.29 is 14.3 Å². The van der Waals surface area contributed by atoms with Gasteiger partial charge in [0.05, 0.1) is 19.7 Å². The third-order valence-electron chi connectivity index (χ3n) is 4.91. The van der Waals surface area contributed by atoms with Crippen molar-refractivity contribution in [3.8, 4) is 0 Å². The smallest absolute Gasteiger partial charge is 0.274 e. The number of nitrogens with one attached hydrogen (secondary N) is 1. The van der Waals surface area contributed by atoms with E-state index in [4.69, 9.17) is 4.74 Å². The number of amides is 2. The minimum atomic E-state index is -0.743. The van der Waals surface area contributed by atoms with Crippen molar-refractivity contribution >= 4 is 17.5 Å². The minimum absolute atomic E-state index is 0.172.